The van der Waals surface area contributed by atoms with Gasteiger partial charge in [0.05, 0.1) is 0 Å². The molecule has 0 spiro atoms. The first kappa shape index (κ1) is 11.9. The fraction of sp³-hybridized carbons (Fsp3) is 0.917. The second kappa shape index (κ2) is 5.64. The van der Waals surface area contributed by atoms with Crippen molar-refractivity contribution in [2.75, 3.05) is 39.9 Å². The molecule has 2 rings (SSSR count). The van der Waals surface area contributed by atoms with E-state index in [0.717, 1.165) is 26.1 Å². The topological polar surface area (TPSA) is 32.8 Å². The van der Waals surface area contributed by atoms with Gasteiger partial charge in [-0.25, -0.2) is 0 Å². The van der Waals surface area contributed by atoms with E-state index in [2.05, 4.69) is 4.90 Å². The smallest absolute Gasteiger partial charge is 0.222 e. The molecule has 2 aliphatic rings. The van der Waals surface area contributed by atoms with Crippen molar-refractivity contribution in [3.63, 3.8) is 0 Å². The number of piperazine rings is 1. The summed E-state index contributed by atoms with van der Waals surface area (Å²) in [6.45, 7) is 4.86. The number of hydrogen-bond donors (Lipinski definition) is 0. The second-order valence-electron chi connectivity index (χ2n) is 4.77. The summed E-state index contributed by atoms with van der Waals surface area (Å²) >= 11 is 0. The number of hydrogen-bond acceptors (Lipinski definition) is 3. The van der Waals surface area contributed by atoms with Gasteiger partial charge in [0.25, 0.3) is 0 Å². The molecule has 0 aromatic rings. The van der Waals surface area contributed by atoms with Crippen LogP contribution in [0, 0.1) is 0 Å². The van der Waals surface area contributed by atoms with Crippen molar-refractivity contribution >= 4 is 5.91 Å². The minimum Gasteiger partial charge on any atom is -0.385 e. The van der Waals surface area contributed by atoms with E-state index < -0.39 is 0 Å². The van der Waals surface area contributed by atoms with Gasteiger partial charge in [-0.1, -0.05) is 0 Å². The maximum Gasteiger partial charge on any atom is 0.222 e. The van der Waals surface area contributed by atoms with Crippen molar-refractivity contribution in [2.45, 2.75) is 31.7 Å². The molecule has 16 heavy (non-hydrogen) atoms. The highest BCUT2D eigenvalue weighted by Crippen LogP contribution is 2.21. The Bertz CT molecular complexity index is 245. The summed E-state index contributed by atoms with van der Waals surface area (Å²) < 4.78 is 4.97. The first-order valence-corrected chi connectivity index (χ1v) is 6.32. The van der Waals surface area contributed by atoms with Crippen LogP contribution in [0.4, 0.5) is 0 Å². The highest BCUT2D eigenvalue weighted by Gasteiger charge is 2.31. The number of methoxy groups -OCH3 is 1. The summed E-state index contributed by atoms with van der Waals surface area (Å²) in [5, 5.41) is 0. The first-order valence-electron chi connectivity index (χ1n) is 6.32. The highest BCUT2D eigenvalue weighted by molar-refractivity contribution is 5.76. The monoisotopic (exact) mass is 226 g/mol. The lowest BCUT2D eigenvalue weighted by Crippen LogP contribution is -2.52. The Labute approximate surface area is 97.5 Å². The predicted molar refractivity (Wildman–Crippen MR) is 62.3 cm³/mol. The van der Waals surface area contributed by atoms with Crippen molar-refractivity contribution in [1.29, 1.82) is 0 Å². The van der Waals surface area contributed by atoms with Crippen LogP contribution in [0.15, 0.2) is 0 Å². The van der Waals surface area contributed by atoms with E-state index in [-0.39, 0.29) is 0 Å². The summed E-state index contributed by atoms with van der Waals surface area (Å²) in [4.78, 5) is 16.5. The first-order chi connectivity index (χ1) is 7.81. The van der Waals surface area contributed by atoms with Gasteiger partial charge >= 0.3 is 0 Å². The molecule has 4 heteroatoms. The van der Waals surface area contributed by atoms with Gasteiger partial charge in [0, 0.05) is 45.8 Å². The Morgan fingerprint density at radius 2 is 2.25 bits per heavy atom. The van der Waals surface area contributed by atoms with Crippen LogP contribution >= 0.6 is 0 Å². The maximum atomic E-state index is 11.9. The van der Waals surface area contributed by atoms with Gasteiger partial charge < -0.3 is 9.64 Å². The molecule has 2 saturated heterocycles. The number of amides is 1. The molecular formula is C12H22N2O2. The minimum absolute atomic E-state index is 0.309. The molecule has 0 aromatic carbocycles. The third-order valence-electron chi connectivity index (χ3n) is 3.68. The molecule has 0 N–H and O–H groups in total. The SMILES string of the molecule is COCCCC(=O)N1CCN2CCC[C@@H]2C1. The molecule has 0 radical (unpaired) electrons. The van der Waals surface area contributed by atoms with Gasteiger partial charge in [-0.05, 0) is 25.8 Å². The van der Waals surface area contributed by atoms with E-state index in [0.29, 0.717) is 25.0 Å². The molecule has 92 valence electrons. The van der Waals surface area contributed by atoms with Crippen LogP contribution in [0.1, 0.15) is 25.7 Å². The Morgan fingerprint density at radius 3 is 3.06 bits per heavy atom. The largest absolute Gasteiger partial charge is 0.385 e. The normalized spacial score (nSPS) is 25.8. The molecule has 1 atom stereocenters. The Hall–Kier alpha value is -0.610. The van der Waals surface area contributed by atoms with Crippen molar-refractivity contribution in [1.82, 2.24) is 9.80 Å². The number of carbonyl (C=O) groups excluding carboxylic acids is 1. The van der Waals surface area contributed by atoms with Gasteiger partial charge in [0.2, 0.25) is 5.91 Å². The molecule has 2 aliphatic heterocycles. The van der Waals surface area contributed by atoms with Gasteiger partial charge in [-0.3, -0.25) is 9.69 Å². The fourth-order valence-corrected chi connectivity index (χ4v) is 2.74. The molecule has 2 heterocycles. The molecular weight excluding hydrogens is 204 g/mol. The van der Waals surface area contributed by atoms with Gasteiger partial charge in [-0.15, -0.1) is 0 Å². The van der Waals surface area contributed by atoms with E-state index in [9.17, 15) is 4.79 Å². The summed E-state index contributed by atoms with van der Waals surface area (Å²) in [5.74, 6) is 0.309. The Morgan fingerprint density at radius 1 is 1.38 bits per heavy atom. The number of ether oxygens (including phenoxy) is 1. The quantitative estimate of drug-likeness (QED) is 0.662. The molecule has 0 unspecified atom stereocenters. The molecule has 0 saturated carbocycles. The van der Waals surface area contributed by atoms with Crippen molar-refractivity contribution in [3.05, 3.63) is 0 Å². The molecule has 0 aromatic heterocycles. The lowest BCUT2D eigenvalue weighted by molar-refractivity contribution is -0.134. The highest BCUT2D eigenvalue weighted by atomic mass is 16.5. The Balaban J connectivity index is 1.75. The fourth-order valence-electron chi connectivity index (χ4n) is 2.74. The van der Waals surface area contributed by atoms with E-state index in [1.807, 2.05) is 4.90 Å². The zero-order chi connectivity index (χ0) is 11.4. The summed E-state index contributed by atoms with van der Waals surface area (Å²) in [7, 11) is 1.68. The zero-order valence-corrected chi connectivity index (χ0v) is 10.2. The third kappa shape index (κ3) is 2.74. The molecule has 0 bridgehead atoms. The number of rotatable bonds is 4. The average molecular weight is 226 g/mol. The van der Waals surface area contributed by atoms with Crippen molar-refractivity contribution < 1.29 is 9.53 Å². The summed E-state index contributed by atoms with van der Waals surface area (Å²) in [6.07, 6.45) is 4.05. The lowest BCUT2D eigenvalue weighted by Gasteiger charge is -2.37. The lowest BCUT2D eigenvalue weighted by atomic mass is 10.1. The Kier molecular flexibility index (Phi) is 4.18. The van der Waals surface area contributed by atoms with E-state index >= 15 is 0 Å². The molecule has 1 amide bonds. The second-order valence-corrected chi connectivity index (χ2v) is 4.77. The third-order valence-corrected chi connectivity index (χ3v) is 3.68. The van der Waals surface area contributed by atoms with E-state index in [4.69, 9.17) is 4.74 Å². The number of nitrogens with zero attached hydrogens (tertiary/aromatic N) is 2. The average Bonchev–Trinajstić information content (AvgIpc) is 2.76. The molecule has 2 fully saturated rings. The van der Waals surface area contributed by atoms with Crippen molar-refractivity contribution in [3.8, 4) is 0 Å². The van der Waals surface area contributed by atoms with E-state index in [1.165, 1.54) is 19.4 Å². The zero-order valence-electron chi connectivity index (χ0n) is 10.2. The molecule has 0 aliphatic carbocycles. The predicted octanol–water partition coefficient (Wildman–Crippen LogP) is 0.720. The van der Waals surface area contributed by atoms with Crippen molar-refractivity contribution in [2.24, 2.45) is 0 Å². The van der Waals surface area contributed by atoms with Crippen LogP contribution in [0.2, 0.25) is 0 Å². The molecule has 4 nitrogen and oxygen atoms in total. The standard InChI is InChI=1S/C12H22N2O2/c1-16-9-3-5-12(15)14-8-7-13-6-2-4-11(13)10-14/h11H,2-10H2,1H3/t11-/m1/s1. The van der Waals surface area contributed by atoms with Gasteiger partial charge in [0.1, 0.15) is 0 Å². The van der Waals surface area contributed by atoms with Gasteiger partial charge in [-0.2, -0.15) is 0 Å². The van der Waals surface area contributed by atoms with Crippen LogP contribution in [0.5, 0.6) is 0 Å². The van der Waals surface area contributed by atoms with Gasteiger partial charge in [0.15, 0.2) is 0 Å². The minimum atomic E-state index is 0.309. The van der Waals surface area contributed by atoms with Crippen LogP contribution in [-0.4, -0.2) is 61.6 Å². The number of carbonyl (C=O) groups is 1. The van der Waals surface area contributed by atoms with Crippen LogP contribution in [-0.2, 0) is 9.53 Å². The summed E-state index contributed by atoms with van der Waals surface area (Å²) in [5.41, 5.74) is 0. The van der Waals surface area contributed by atoms with Crippen LogP contribution < -0.4 is 0 Å². The van der Waals surface area contributed by atoms with E-state index in [1.54, 1.807) is 7.11 Å². The maximum absolute atomic E-state index is 11.9. The van der Waals surface area contributed by atoms with Crippen LogP contribution in [0.25, 0.3) is 0 Å². The number of fused-ring (bicyclic) bond motifs is 1. The van der Waals surface area contributed by atoms with Crippen LogP contribution in [0.3, 0.4) is 0 Å². The summed E-state index contributed by atoms with van der Waals surface area (Å²) in [6, 6.07) is 0.639.